The lowest BCUT2D eigenvalue weighted by Gasteiger charge is -2.37. The Morgan fingerprint density at radius 2 is 2.15 bits per heavy atom. The molecular weight excluding hydrogens is 160 g/mol. The third-order valence-electron chi connectivity index (χ3n) is 4.04. The summed E-state index contributed by atoms with van der Waals surface area (Å²) in [5, 5.41) is 3.53. The summed E-state index contributed by atoms with van der Waals surface area (Å²) in [4.78, 5) is 2.81. The van der Waals surface area contributed by atoms with Gasteiger partial charge in [0.2, 0.25) is 0 Å². The lowest BCUT2D eigenvalue weighted by Crippen LogP contribution is -2.48. The van der Waals surface area contributed by atoms with Gasteiger partial charge in [-0.3, -0.25) is 4.90 Å². The molecule has 0 radical (unpaired) electrons. The fraction of sp³-hybridized carbons (Fsp3) is 1.00. The van der Waals surface area contributed by atoms with Gasteiger partial charge < -0.3 is 5.32 Å². The van der Waals surface area contributed by atoms with Gasteiger partial charge in [-0.25, -0.2) is 0 Å². The molecule has 3 rings (SSSR count). The molecule has 0 bridgehead atoms. The Morgan fingerprint density at radius 1 is 1.15 bits per heavy atom. The van der Waals surface area contributed by atoms with Crippen molar-refractivity contribution in [2.24, 2.45) is 5.92 Å². The van der Waals surface area contributed by atoms with Crippen LogP contribution >= 0.6 is 0 Å². The Balaban J connectivity index is 1.62. The highest BCUT2D eigenvalue weighted by molar-refractivity contribution is 5.01. The van der Waals surface area contributed by atoms with Crippen molar-refractivity contribution in [2.45, 2.75) is 44.2 Å². The molecular formula is C11H20N2. The number of nitrogens with zero attached hydrogens (tertiary/aromatic N) is 1. The second-order valence-electron chi connectivity index (χ2n) is 4.94. The van der Waals surface area contributed by atoms with Gasteiger partial charge in [0.1, 0.15) is 0 Å². The molecule has 13 heavy (non-hydrogen) atoms. The Labute approximate surface area is 80.7 Å². The molecule has 3 aliphatic rings. The highest BCUT2D eigenvalue weighted by Crippen LogP contribution is 2.44. The molecule has 1 N–H and O–H groups in total. The van der Waals surface area contributed by atoms with Crippen LogP contribution in [0.15, 0.2) is 0 Å². The van der Waals surface area contributed by atoms with Crippen LogP contribution in [0.3, 0.4) is 0 Å². The topological polar surface area (TPSA) is 15.3 Å². The van der Waals surface area contributed by atoms with Gasteiger partial charge in [0, 0.05) is 18.6 Å². The number of likely N-dealkylation sites (tertiary alicyclic amines) is 1. The molecule has 1 saturated carbocycles. The van der Waals surface area contributed by atoms with Crippen LogP contribution in [-0.2, 0) is 0 Å². The van der Waals surface area contributed by atoms with Crippen molar-refractivity contribution in [2.75, 3.05) is 19.6 Å². The largest absolute Gasteiger partial charge is 0.315 e. The summed E-state index contributed by atoms with van der Waals surface area (Å²) in [6.45, 7) is 3.88. The summed E-state index contributed by atoms with van der Waals surface area (Å²) in [7, 11) is 0. The number of hydrogen-bond donors (Lipinski definition) is 1. The Morgan fingerprint density at radius 3 is 3.00 bits per heavy atom. The Hall–Kier alpha value is -0.0800. The molecule has 0 aromatic carbocycles. The Bertz CT molecular complexity index is 187. The van der Waals surface area contributed by atoms with Crippen LogP contribution in [-0.4, -0.2) is 36.6 Å². The summed E-state index contributed by atoms with van der Waals surface area (Å²) in [6, 6.07) is 1.88. The van der Waals surface area contributed by atoms with Crippen molar-refractivity contribution in [3.05, 3.63) is 0 Å². The molecule has 3 atom stereocenters. The van der Waals surface area contributed by atoms with E-state index in [1.54, 1.807) is 0 Å². The molecule has 74 valence electrons. The first-order valence-corrected chi connectivity index (χ1v) is 5.91. The number of nitrogens with one attached hydrogen (secondary N) is 1. The van der Waals surface area contributed by atoms with Crippen LogP contribution in [0.25, 0.3) is 0 Å². The molecule has 2 aliphatic heterocycles. The lowest BCUT2D eigenvalue weighted by molar-refractivity contribution is 0.128. The summed E-state index contributed by atoms with van der Waals surface area (Å²) in [6.07, 6.45) is 7.31. The number of hydrogen-bond acceptors (Lipinski definition) is 2. The van der Waals surface area contributed by atoms with Gasteiger partial charge in [0.05, 0.1) is 0 Å². The molecule has 2 saturated heterocycles. The summed E-state index contributed by atoms with van der Waals surface area (Å²) < 4.78 is 0. The molecule has 0 aromatic rings. The zero-order valence-corrected chi connectivity index (χ0v) is 8.34. The van der Waals surface area contributed by atoms with E-state index in [9.17, 15) is 0 Å². The van der Waals surface area contributed by atoms with Crippen LogP contribution in [0.1, 0.15) is 32.1 Å². The Kier molecular flexibility index (Phi) is 2.06. The van der Waals surface area contributed by atoms with Crippen molar-refractivity contribution < 1.29 is 0 Å². The standard InChI is InChI=1S/C11H20N2/c1-4-10(8-12-5-1)13-6-2-3-9-7-11(9)13/h9-12H,1-8H2/t9-,10?,11+/m1/s1. The predicted octanol–water partition coefficient (Wildman–Crippen LogP) is 1.22. The zero-order valence-electron chi connectivity index (χ0n) is 8.34. The van der Waals surface area contributed by atoms with Crippen LogP contribution in [0, 0.1) is 5.92 Å². The van der Waals surface area contributed by atoms with E-state index >= 15 is 0 Å². The average molecular weight is 180 g/mol. The number of rotatable bonds is 1. The molecule has 0 spiro atoms. The third kappa shape index (κ3) is 1.50. The molecule has 3 fully saturated rings. The van der Waals surface area contributed by atoms with Crippen molar-refractivity contribution in [1.82, 2.24) is 10.2 Å². The quantitative estimate of drug-likeness (QED) is 0.653. The minimum atomic E-state index is 0.879. The highest BCUT2D eigenvalue weighted by Gasteiger charge is 2.46. The zero-order chi connectivity index (χ0) is 8.67. The maximum Gasteiger partial charge on any atom is 0.0224 e. The molecule has 1 aliphatic carbocycles. The van der Waals surface area contributed by atoms with Crippen LogP contribution < -0.4 is 5.32 Å². The minimum Gasteiger partial charge on any atom is -0.315 e. The SMILES string of the molecule is C1CNCC(N2CCC[C@@H]3C[C@@H]32)C1. The van der Waals surface area contributed by atoms with Crippen LogP contribution in [0.4, 0.5) is 0 Å². The van der Waals surface area contributed by atoms with Gasteiger partial charge in [0.25, 0.3) is 0 Å². The molecule has 2 heteroatoms. The highest BCUT2D eigenvalue weighted by atomic mass is 15.2. The van der Waals surface area contributed by atoms with E-state index < -0.39 is 0 Å². The summed E-state index contributed by atoms with van der Waals surface area (Å²) in [5.74, 6) is 1.09. The summed E-state index contributed by atoms with van der Waals surface area (Å²) >= 11 is 0. The molecule has 2 heterocycles. The van der Waals surface area contributed by atoms with Crippen LogP contribution in [0.5, 0.6) is 0 Å². The minimum absolute atomic E-state index is 0.879. The average Bonchev–Trinajstić information content (AvgIpc) is 2.97. The number of piperidine rings is 2. The van der Waals surface area contributed by atoms with E-state index in [4.69, 9.17) is 0 Å². The fourth-order valence-electron chi connectivity index (χ4n) is 3.22. The smallest absolute Gasteiger partial charge is 0.0224 e. The second kappa shape index (κ2) is 3.25. The monoisotopic (exact) mass is 180 g/mol. The first kappa shape index (κ1) is 8.25. The van der Waals surface area contributed by atoms with E-state index in [-0.39, 0.29) is 0 Å². The van der Waals surface area contributed by atoms with Gasteiger partial charge in [0.15, 0.2) is 0 Å². The maximum atomic E-state index is 3.53. The van der Waals surface area contributed by atoms with E-state index in [1.807, 2.05) is 0 Å². The molecule has 0 aromatic heterocycles. The van der Waals surface area contributed by atoms with Gasteiger partial charge >= 0.3 is 0 Å². The van der Waals surface area contributed by atoms with Gasteiger partial charge in [-0.1, -0.05) is 0 Å². The van der Waals surface area contributed by atoms with E-state index in [0.29, 0.717) is 0 Å². The van der Waals surface area contributed by atoms with Gasteiger partial charge in [-0.2, -0.15) is 0 Å². The van der Waals surface area contributed by atoms with Crippen molar-refractivity contribution >= 4 is 0 Å². The predicted molar refractivity (Wildman–Crippen MR) is 53.7 cm³/mol. The van der Waals surface area contributed by atoms with Gasteiger partial charge in [-0.15, -0.1) is 0 Å². The van der Waals surface area contributed by atoms with Crippen molar-refractivity contribution in [3.63, 3.8) is 0 Å². The maximum absolute atomic E-state index is 3.53. The second-order valence-corrected chi connectivity index (χ2v) is 4.94. The van der Waals surface area contributed by atoms with E-state index in [2.05, 4.69) is 10.2 Å². The van der Waals surface area contributed by atoms with E-state index in [1.165, 1.54) is 51.7 Å². The molecule has 0 amide bonds. The lowest BCUT2D eigenvalue weighted by atomic mass is 10.0. The fourth-order valence-corrected chi connectivity index (χ4v) is 3.22. The molecule has 2 nitrogen and oxygen atoms in total. The molecule has 1 unspecified atom stereocenters. The third-order valence-corrected chi connectivity index (χ3v) is 4.04. The van der Waals surface area contributed by atoms with Gasteiger partial charge in [-0.05, 0) is 51.1 Å². The first-order valence-electron chi connectivity index (χ1n) is 5.91. The van der Waals surface area contributed by atoms with Crippen molar-refractivity contribution in [1.29, 1.82) is 0 Å². The van der Waals surface area contributed by atoms with Crippen molar-refractivity contribution in [3.8, 4) is 0 Å². The first-order chi connectivity index (χ1) is 6.45. The summed E-state index contributed by atoms with van der Waals surface area (Å²) in [5.41, 5.74) is 0. The normalized spacial score (nSPS) is 45.7. The van der Waals surface area contributed by atoms with E-state index in [0.717, 1.165) is 18.0 Å². The number of fused-ring (bicyclic) bond motifs is 1. The van der Waals surface area contributed by atoms with Crippen LogP contribution in [0.2, 0.25) is 0 Å².